The fraction of sp³-hybridized carbons (Fsp3) is 0.0222. The second-order valence-corrected chi connectivity index (χ2v) is 12.6. The molecule has 236 valence electrons. The number of rotatable bonds is 5. The van der Waals surface area contributed by atoms with E-state index in [0.29, 0.717) is 5.84 Å². The van der Waals surface area contributed by atoms with Gasteiger partial charge < -0.3 is 14.3 Å². The van der Waals surface area contributed by atoms with E-state index in [1.54, 1.807) is 0 Å². The maximum Gasteiger partial charge on any atom is 0.163 e. The normalized spacial score (nSPS) is 14.6. The second kappa shape index (κ2) is 11.5. The van der Waals surface area contributed by atoms with Gasteiger partial charge in [0.15, 0.2) is 5.84 Å². The third-order valence-corrected chi connectivity index (χ3v) is 9.66. The van der Waals surface area contributed by atoms with Gasteiger partial charge in [-0.25, -0.2) is 9.98 Å². The summed E-state index contributed by atoms with van der Waals surface area (Å²) in [6.45, 7) is 0. The fourth-order valence-electron chi connectivity index (χ4n) is 7.36. The molecule has 0 radical (unpaired) electrons. The highest BCUT2D eigenvalue weighted by Gasteiger charge is 2.24. The van der Waals surface area contributed by atoms with Crippen LogP contribution in [0.5, 0.6) is 0 Å². The average Bonchev–Trinajstić information content (AvgIpc) is 3.74. The van der Waals surface area contributed by atoms with Crippen LogP contribution in [0.25, 0.3) is 60.6 Å². The Bertz CT molecular complexity index is 2780. The number of furan rings is 1. The number of hydrogen-bond acceptors (Lipinski definition) is 4. The van der Waals surface area contributed by atoms with Crippen LogP contribution in [0.2, 0.25) is 0 Å². The molecule has 2 aromatic heterocycles. The molecule has 0 amide bonds. The molecule has 5 heteroatoms. The standard InChI is InChI=1S/C45H30N4O/c1-4-14-29(15-5-1)43-46-44(30-16-6-2-7-17-30)48-45(47-43)37-24-13-23-36-38-28-31(26-27-40(38)50-42(36)37)33-21-12-22-35-34-20-10-11-25-39(34)49(41(33)35)32-18-8-3-9-19-32/h1-28,43H,(H,46,47,48). The van der Waals surface area contributed by atoms with E-state index in [1.807, 2.05) is 36.4 Å². The van der Waals surface area contributed by atoms with E-state index in [0.717, 1.165) is 55.7 Å². The van der Waals surface area contributed by atoms with Gasteiger partial charge in [-0.1, -0.05) is 133 Å². The minimum absolute atomic E-state index is 0.290. The molecule has 7 aromatic carbocycles. The molecule has 1 unspecified atom stereocenters. The fourth-order valence-corrected chi connectivity index (χ4v) is 7.36. The molecule has 50 heavy (non-hydrogen) atoms. The van der Waals surface area contributed by atoms with Crippen molar-refractivity contribution >= 4 is 55.4 Å². The molecule has 0 aliphatic carbocycles. The van der Waals surface area contributed by atoms with Crippen molar-refractivity contribution in [3.05, 3.63) is 187 Å². The van der Waals surface area contributed by atoms with Crippen molar-refractivity contribution in [3.63, 3.8) is 0 Å². The van der Waals surface area contributed by atoms with Crippen molar-refractivity contribution in [1.29, 1.82) is 0 Å². The van der Waals surface area contributed by atoms with Crippen LogP contribution in [-0.2, 0) is 0 Å². The number of benzene rings is 7. The van der Waals surface area contributed by atoms with Gasteiger partial charge in [-0.05, 0) is 47.5 Å². The highest BCUT2D eigenvalue weighted by Crippen LogP contribution is 2.40. The summed E-state index contributed by atoms with van der Waals surface area (Å²) in [5, 5.41) is 8.11. The van der Waals surface area contributed by atoms with Gasteiger partial charge in [-0.3, -0.25) is 0 Å². The van der Waals surface area contributed by atoms with Gasteiger partial charge in [0, 0.05) is 38.4 Å². The van der Waals surface area contributed by atoms with Crippen LogP contribution in [0.4, 0.5) is 0 Å². The zero-order chi connectivity index (χ0) is 33.0. The largest absolute Gasteiger partial charge is 0.455 e. The Kier molecular flexibility index (Phi) is 6.49. The van der Waals surface area contributed by atoms with Gasteiger partial charge in [-0.15, -0.1) is 0 Å². The summed E-state index contributed by atoms with van der Waals surface area (Å²) in [5.41, 5.74) is 10.3. The van der Waals surface area contributed by atoms with Crippen molar-refractivity contribution < 1.29 is 4.42 Å². The molecule has 0 spiro atoms. The molecule has 3 heterocycles. The van der Waals surface area contributed by atoms with Crippen LogP contribution in [0.15, 0.2) is 184 Å². The predicted octanol–water partition coefficient (Wildman–Crippen LogP) is 10.8. The quantitative estimate of drug-likeness (QED) is 0.203. The van der Waals surface area contributed by atoms with E-state index < -0.39 is 0 Å². The van der Waals surface area contributed by atoms with Gasteiger partial charge in [-0.2, -0.15) is 0 Å². The summed E-state index contributed by atoms with van der Waals surface area (Å²) in [6.07, 6.45) is -0.290. The lowest BCUT2D eigenvalue weighted by atomic mass is 9.99. The van der Waals surface area contributed by atoms with Crippen molar-refractivity contribution in [2.24, 2.45) is 9.98 Å². The zero-order valence-corrected chi connectivity index (χ0v) is 27.0. The van der Waals surface area contributed by atoms with Gasteiger partial charge in [0.05, 0.1) is 16.6 Å². The number of amidine groups is 2. The average molecular weight is 643 g/mol. The van der Waals surface area contributed by atoms with Crippen LogP contribution in [0.1, 0.15) is 22.9 Å². The Morgan fingerprint density at radius 1 is 0.540 bits per heavy atom. The number of aliphatic imine (C=N–C) groups is 2. The second-order valence-electron chi connectivity index (χ2n) is 12.6. The van der Waals surface area contributed by atoms with Crippen molar-refractivity contribution in [1.82, 2.24) is 9.88 Å². The smallest absolute Gasteiger partial charge is 0.163 e. The number of nitrogens with zero attached hydrogens (tertiary/aromatic N) is 3. The molecule has 10 rings (SSSR count). The Morgan fingerprint density at radius 2 is 1.22 bits per heavy atom. The minimum Gasteiger partial charge on any atom is -0.455 e. The highest BCUT2D eigenvalue weighted by molar-refractivity contribution is 6.20. The summed E-state index contributed by atoms with van der Waals surface area (Å²) in [6, 6.07) is 59.2. The number of fused-ring (bicyclic) bond motifs is 6. The molecule has 0 fully saturated rings. The first-order valence-electron chi connectivity index (χ1n) is 16.9. The number of aromatic nitrogens is 1. The molecule has 1 aliphatic heterocycles. The van der Waals surface area contributed by atoms with Crippen molar-refractivity contribution in [2.45, 2.75) is 6.17 Å². The van der Waals surface area contributed by atoms with E-state index in [-0.39, 0.29) is 6.17 Å². The molecule has 9 aromatic rings. The summed E-state index contributed by atoms with van der Waals surface area (Å²) >= 11 is 0. The molecule has 0 saturated heterocycles. The summed E-state index contributed by atoms with van der Waals surface area (Å²) < 4.78 is 9.05. The Hall–Kier alpha value is -6.72. The monoisotopic (exact) mass is 642 g/mol. The van der Waals surface area contributed by atoms with Gasteiger partial charge in [0.1, 0.15) is 23.2 Å². The molecule has 1 aliphatic rings. The minimum atomic E-state index is -0.290. The van der Waals surface area contributed by atoms with Crippen LogP contribution < -0.4 is 5.32 Å². The van der Waals surface area contributed by atoms with Gasteiger partial charge in [0.2, 0.25) is 0 Å². The lowest BCUT2D eigenvalue weighted by molar-refractivity contribution is 0.663. The van der Waals surface area contributed by atoms with Crippen LogP contribution in [0, 0.1) is 0 Å². The van der Waals surface area contributed by atoms with E-state index in [1.165, 1.54) is 27.4 Å². The van der Waals surface area contributed by atoms with E-state index in [4.69, 9.17) is 14.4 Å². The van der Waals surface area contributed by atoms with E-state index in [2.05, 4.69) is 143 Å². The van der Waals surface area contributed by atoms with Crippen molar-refractivity contribution in [3.8, 4) is 16.8 Å². The zero-order valence-electron chi connectivity index (χ0n) is 27.0. The SMILES string of the molecule is c1ccc(C2=NC(c3cccc4c3oc3ccc(-c5cccc6c7ccccc7n(-c7ccccc7)c56)cc34)=NC(c3ccccc3)N2)cc1. The first-order chi connectivity index (χ1) is 24.8. The van der Waals surface area contributed by atoms with E-state index in [9.17, 15) is 0 Å². The third kappa shape index (κ3) is 4.55. The molecule has 0 saturated carbocycles. The Balaban J connectivity index is 1.16. The first kappa shape index (κ1) is 28.3. The van der Waals surface area contributed by atoms with Gasteiger partial charge in [0.25, 0.3) is 0 Å². The lowest BCUT2D eigenvalue weighted by Crippen LogP contribution is -2.33. The van der Waals surface area contributed by atoms with Gasteiger partial charge >= 0.3 is 0 Å². The highest BCUT2D eigenvalue weighted by atomic mass is 16.3. The molecule has 5 nitrogen and oxygen atoms in total. The molecule has 1 N–H and O–H groups in total. The maximum absolute atomic E-state index is 6.66. The third-order valence-electron chi connectivity index (χ3n) is 9.66. The number of nitrogens with one attached hydrogen (secondary N) is 1. The number of hydrogen-bond donors (Lipinski definition) is 1. The Labute approximate surface area is 288 Å². The maximum atomic E-state index is 6.66. The van der Waals surface area contributed by atoms with Crippen molar-refractivity contribution in [2.75, 3.05) is 0 Å². The molecular formula is C45H30N4O. The van der Waals surface area contributed by atoms with E-state index >= 15 is 0 Å². The Morgan fingerprint density at radius 3 is 2.04 bits per heavy atom. The van der Waals surface area contributed by atoms with Crippen LogP contribution in [0.3, 0.4) is 0 Å². The summed E-state index contributed by atoms with van der Waals surface area (Å²) in [4.78, 5) is 10.2. The summed E-state index contributed by atoms with van der Waals surface area (Å²) in [7, 11) is 0. The number of para-hydroxylation sites is 4. The predicted molar refractivity (Wildman–Crippen MR) is 205 cm³/mol. The molecular weight excluding hydrogens is 613 g/mol. The summed E-state index contributed by atoms with van der Waals surface area (Å²) in [5.74, 6) is 1.42. The topological polar surface area (TPSA) is 54.8 Å². The first-order valence-corrected chi connectivity index (χ1v) is 16.9. The molecule has 1 atom stereocenters. The van der Waals surface area contributed by atoms with Crippen LogP contribution >= 0.6 is 0 Å². The molecule has 0 bridgehead atoms. The lowest BCUT2D eigenvalue weighted by Gasteiger charge is -2.23. The van der Waals surface area contributed by atoms with Crippen LogP contribution in [-0.4, -0.2) is 16.2 Å².